The fourth-order valence-corrected chi connectivity index (χ4v) is 3.68. The molecule has 3 aromatic carbocycles. The number of hydrogen-bond acceptors (Lipinski definition) is 3. The first-order chi connectivity index (χ1) is 14.8. The van der Waals surface area contributed by atoms with Gasteiger partial charge in [-0.15, -0.1) is 0 Å². The van der Waals surface area contributed by atoms with Crippen molar-refractivity contribution in [3.05, 3.63) is 95.8 Å². The number of para-hydroxylation sites is 3. The van der Waals surface area contributed by atoms with Crippen LogP contribution >= 0.6 is 0 Å². The van der Waals surface area contributed by atoms with E-state index in [2.05, 4.69) is 40.2 Å². The number of imidazole rings is 1. The first kappa shape index (κ1) is 19.7. The number of nitrogens with one attached hydrogen (secondary N) is 1. The molecule has 0 aliphatic heterocycles. The number of ether oxygens (including phenoxy) is 1. The van der Waals surface area contributed by atoms with E-state index < -0.39 is 0 Å². The van der Waals surface area contributed by atoms with Crippen molar-refractivity contribution in [2.75, 3.05) is 7.11 Å². The molecular weight excluding hydrogens is 374 g/mol. The van der Waals surface area contributed by atoms with Gasteiger partial charge in [0.1, 0.15) is 11.6 Å². The highest BCUT2D eigenvalue weighted by Crippen LogP contribution is 2.19. The normalized spacial score (nSPS) is 10.8. The SMILES string of the molecule is COc1ccccc1C(=O)NCc1nc2ccccc2n1CCCc1ccccc1. The van der Waals surface area contributed by atoms with Gasteiger partial charge in [0.25, 0.3) is 5.91 Å². The molecule has 0 spiro atoms. The zero-order valence-electron chi connectivity index (χ0n) is 17.0. The molecule has 0 saturated heterocycles. The number of methoxy groups -OCH3 is 1. The smallest absolute Gasteiger partial charge is 0.255 e. The van der Waals surface area contributed by atoms with Crippen LogP contribution in [-0.4, -0.2) is 22.6 Å². The third kappa shape index (κ3) is 4.35. The molecule has 30 heavy (non-hydrogen) atoms. The van der Waals surface area contributed by atoms with Crippen molar-refractivity contribution >= 4 is 16.9 Å². The lowest BCUT2D eigenvalue weighted by molar-refractivity contribution is 0.0946. The monoisotopic (exact) mass is 399 g/mol. The minimum Gasteiger partial charge on any atom is -0.496 e. The fourth-order valence-electron chi connectivity index (χ4n) is 3.68. The molecule has 0 aliphatic rings. The van der Waals surface area contributed by atoms with Gasteiger partial charge in [-0.25, -0.2) is 4.98 Å². The van der Waals surface area contributed by atoms with Gasteiger partial charge in [0, 0.05) is 6.54 Å². The van der Waals surface area contributed by atoms with E-state index in [0.717, 1.165) is 36.2 Å². The van der Waals surface area contributed by atoms with Crippen LogP contribution in [0.5, 0.6) is 5.75 Å². The lowest BCUT2D eigenvalue weighted by Gasteiger charge is -2.12. The molecule has 0 radical (unpaired) electrons. The van der Waals surface area contributed by atoms with Gasteiger partial charge in [-0.1, -0.05) is 54.6 Å². The van der Waals surface area contributed by atoms with E-state index in [-0.39, 0.29) is 5.91 Å². The molecule has 5 heteroatoms. The summed E-state index contributed by atoms with van der Waals surface area (Å²) in [5.74, 6) is 1.24. The first-order valence-electron chi connectivity index (χ1n) is 10.2. The van der Waals surface area contributed by atoms with E-state index in [1.807, 2.05) is 36.4 Å². The van der Waals surface area contributed by atoms with Crippen molar-refractivity contribution < 1.29 is 9.53 Å². The molecule has 152 valence electrons. The Bertz CT molecular complexity index is 1140. The Morgan fingerprint density at radius 2 is 1.70 bits per heavy atom. The molecule has 0 fully saturated rings. The predicted octanol–water partition coefficient (Wildman–Crippen LogP) is 4.61. The minimum atomic E-state index is -0.171. The van der Waals surface area contributed by atoms with E-state index in [1.165, 1.54) is 5.56 Å². The molecule has 1 amide bonds. The number of aryl methyl sites for hydroxylation is 2. The Labute approximate surface area is 176 Å². The highest BCUT2D eigenvalue weighted by Gasteiger charge is 2.14. The molecule has 0 atom stereocenters. The van der Waals surface area contributed by atoms with Gasteiger partial charge in [-0.05, 0) is 42.7 Å². The van der Waals surface area contributed by atoms with Crippen molar-refractivity contribution in [2.45, 2.75) is 25.9 Å². The average molecular weight is 399 g/mol. The van der Waals surface area contributed by atoms with Gasteiger partial charge in [0.15, 0.2) is 0 Å². The van der Waals surface area contributed by atoms with Crippen LogP contribution in [0.25, 0.3) is 11.0 Å². The molecule has 4 rings (SSSR count). The summed E-state index contributed by atoms with van der Waals surface area (Å²) in [6.45, 7) is 1.20. The van der Waals surface area contributed by atoms with Crippen molar-refractivity contribution in [1.29, 1.82) is 0 Å². The van der Waals surface area contributed by atoms with Gasteiger partial charge in [0.2, 0.25) is 0 Å². The minimum absolute atomic E-state index is 0.171. The van der Waals surface area contributed by atoms with E-state index in [4.69, 9.17) is 9.72 Å². The standard InChI is InChI=1S/C25H25N3O2/c1-30-23-16-8-5-13-20(23)25(29)26-18-24-27-21-14-6-7-15-22(21)28(24)17-9-12-19-10-3-2-4-11-19/h2-8,10-11,13-16H,9,12,17-18H2,1H3,(H,26,29). The second-order valence-electron chi connectivity index (χ2n) is 7.14. The Morgan fingerprint density at radius 3 is 2.53 bits per heavy atom. The summed E-state index contributed by atoms with van der Waals surface area (Å²) < 4.78 is 7.51. The van der Waals surface area contributed by atoms with E-state index in [0.29, 0.717) is 17.9 Å². The zero-order chi connectivity index (χ0) is 20.8. The van der Waals surface area contributed by atoms with Crippen LogP contribution in [0.2, 0.25) is 0 Å². The maximum Gasteiger partial charge on any atom is 0.255 e. The van der Waals surface area contributed by atoms with Crippen LogP contribution < -0.4 is 10.1 Å². The maximum atomic E-state index is 12.7. The van der Waals surface area contributed by atoms with Gasteiger partial charge in [-0.3, -0.25) is 4.79 Å². The molecule has 4 aromatic rings. The number of benzene rings is 3. The highest BCUT2D eigenvalue weighted by atomic mass is 16.5. The summed E-state index contributed by atoms with van der Waals surface area (Å²) in [6.07, 6.45) is 2.00. The lowest BCUT2D eigenvalue weighted by atomic mass is 10.1. The summed E-state index contributed by atoms with van der Waals surface area (Å²) in [5, 5.41) is 3.00. The Morgan fingerprint density at radius 1 is 0.967 bits per heavy atom. The predicted molar refractivity (Wildman–Crippen MR) is 119 cm³/mol. The van der Waals surface area contributed by atoms with Gasteiger partial charge < -0.3 is 14.6 Å². The van der Waals surface area contributed by atoms with Gasteiger partial charge >= 0.3 is 0 Å². The molecule has 0 bridgehead atoms. The lowest BCUT2D eigenvalue weighted by Crippen LogP contribution is -2.25. The zero-order valence-corrected chi connectivity index (χ0v) is 17.0. The van der Waals surface area contributed by atoms with Crippen LogP contribution in [0.3, 0.4) is 0 Å². The molecule has 5 nitrogen and oxygen atoms in total. The molecule has 0 saturated carbocycles. The number of nitrogens with zero attached hydrogens (tertiary/aromatic N) is 2. The number of hydrogen-bond donors (Lipinski definition) is 1. The molecule has 1 heterocycles. The summed E-state index contributed by atoms with van der Waals surface area (Å²) in [5.41, 5.74) is 3.88. The molecule has 0 unspecified atom stereocenters. The van der Waals surface area contributed by atoms with E-state index in [9.17, 15) is 4.79 Å². The van der Waals surface area contributed by atoms with Crippen LogP contribution in [-0.2, 0) is 19.5 Å². The molecular formula is C25H25N3O2. The van der Waals surface area contributed by atoms with Crippen molar-refractivity contribution in [3.8, 4) is 5.75 Å². The quantitative estimate of drug-likeness (QED) is 0.471. The van der Waals surface area contributed by atoms with Crippen molar-refractivity contribution in [3.63, 3.8) is 0 Å². The number of amides is 1. The summed E-state index contributed by atoms with van der Waals surface area (Å²) in [6, 6.07) is 25.8. The highest BCUT2D eigenvalue weighted by molar-refractivity contribution is 5.96. The second-order valence-corrected chi connectivity index (χ2v) is 7.14. The van der Waals surface area contributed by atoms with E-state index in [1.54, 1.807) is 19.2 Å². The number of fused-ring (bicyclic) bond motifs is 1. The largest absolute Gasteiger partial charge is 0.496 e. The topological polar surface area (TPSA) is 56.1 Å². The van der Waals surface area contributed by atoms with Crippen molar-refractivity contribution in [2.24, 2.45) is 0 Å². The third-order valence-electron chi connectivity index (χ3n) is 5.18. The first-order valence-corrected chi connectivity index (χ1v) is 10.2. The Balaban J connectivity index is 1.50. The molecule has 1 N–H and O–H groups in total. The summed E-state index contributed by atoms with van der Waals surface area (Å²) >= 11 is 0. The number of rotatable bonds is 8. The van der Waals surface area contributed by atoms with Crippen LogP contribution in [0.4, 0.5) is 0 Å². The summed E-state index contributed by atoms with van der Waals surface area (Å²) in [4.78, 5) is 17.5. The molecule has 1 aromatic heterocycles. The maximum absolute atomic E-state index is 12.7. The Hall–Kier alpha value is -3.60. The third-order valence-corrected chi connectivity index (χ3v) is 5.18. The number of carbonyl (C=O) groups is 1. The molecule has 0 aliphatic carbocycles. The Kier molecular flexibility index (Phi) is 6.09. The van der Waals surface area contributed by atoms with Gasteiger partial charge in [-0.2, -0.15) is 0 Å². The summed E-state index contributed by atoms with van der Waals surface area (Å²) in [7, 11) is 1.57. The van der Waals surface area contributed by atoms with Crippen molar-refractivity contribution in [1.82, 2.24) is 14.9 Å². The average Bonchev–Trinajstić information content (AvgIpc) is 3.15. The van der Waals surface area contributed by atoms with E-state index >= 15 is 0 Å². The number of aromatic nitrogens is 2. The number of carbonyl (C=O) groups excluding carboxylic acids is 1. The fraction of sp³-hybridized carbons (Fsp3) is 0.200. The van der Waals surface area contributed by atoms with Gasteiger partial charge in [0.05, 0.1) is 30.3 Å². The van der Waals surface area contributed by atoms with Crippen LogP contribution in [0, 0.1) is 0 Å². The second kappa shape index (κ2) is 9.27. The van der Waals surface area contributed by atoms with Crippen LogP contribution in [0.15, 0.2) is 78.9 Å². The van der Waals surface area contributed by atoms with Crippen LogP contribution in [0.1, 0.15) is 28.2 Å².